The van der Waals surface area contributed by atoms with Crippen LogP contribution < -0.4 is 0 Å². The zero-order valence-corrected chi connectivity index (χ0v) is 12.8. The first-order valence-corrected chi connectivity index (χ1v) is 7.89. The fraction of sp³-hybridized carbons (Fsp3) is 0.600. The summed E-state index contributed by atoms with van der Waals surface area (Å²) in [6.07, 6.45) is 3.22. The molecule has 2 aliphatic heterocycles. The van der Waals surface area contributed by atoms with E-state index >= 15 is 0 Å². The highest BCUT2D eigenvalue weighted by Crippen LogP contribution is 2.32. The van der Waals surface area contributed by atoms with Crippen molar-refractivity contribution in [1.29, 1.82) is 0 Å². The number of ether oxygens (including phenoxy) is 1. The largest absolute Gasteiger partial charge is 0.388 e. The first-order valence-electron chi connectivity index (χ1n) is 7.13. The number of aliphatic hydroxyl groups excluding tert-OH is 1. The molecule has 0 saturated carbocycles. The Morgan fingerprint density at radius 3 is 2.65 bits per heavy atom. The zero-order chi connectivity index (χ0) is 14.1. The molecule has 110 valence electrons. The van der Waals surface area contributed by atoms with Gasteiger partial charge in [0.15, 0.2) is 0 Å². The number of nitrogens with zero attached hydrogens (tertiary/aromatic N) is 1. The second kappa shape index (κ2) is 6.20. The molecule has 3 unspecified atom stereocenters. The lowest BCUT2D eigenvalue weighted by molar-refractivity contribution is -0.0414. The lowest BCUT2D eigenvalue weighted by Crippen LogP contribution is -2.43. The molecule has 3 nitrogen and oxygen atoms in total. The molecule has 3 rings (SSSR count). The molecule has 0 amide bonds. The number of fused-ring (bicyclic) bond motifs is 2. The molecule has 2 aliphatic rings. The maximum absolute atomic E-state index is 10.3. The number of likely N-dealkylation sites (tertiary alicyclic amines) is 1. The van der Waals surface area contributed by atoms with Crippen LogP contribution in [0, 0.1) is 0 Å². The predicted molar refractivity (Wildman–Crippen MR) is 80.4 cm³/mol. The minimum atomic E-state index is -0.568. The smallest absolute Gasteiger partial charge is 0.0817 e. The van der Waals surface area contributed by atoms with Gasteiger partial charge in [-0.2, -0.15) is 0 Å². The van der Waals surface area contributed by atoms with Gasteiger partial charge in [-0.05, 0) is 25.3 Å². The molecule has 2 saturated heterocycles. The van der Waals surface area contributed by atoms with Gasteiger partial charge in [0.05, 0.1) is 28.4 Å². The van der Waals surface area contributed by atoms with Crippen LogP contribution >= 0.6 is 23.2 Å². The van der Waals surface area contributed by atoms with E-state index in [0.29, 0.717) is 28.7 Å². The van der Waals surface area contributed by atoms with Gasteiger partial charge in [-0.1, -0.05) is 35.3 Å². The van der Waals surface area contributed by atoms with Gasteiger partial charge >= 0.3 is 0 Å². The fourth-order valence-corrected chi connectivity index (χ4v) is 3.55. The Hall–Kier alpha value is -0.320. The molecule has 5 heteroatoms. The van der Waals surface area contributed by atoms with Gasteiger partial charge in [-0.15, -0.1) is 0 Å². The molecule has 2 fully saturated rings. The van der Waals surface area contributed by atoms with Gasteiger partial charge in [0, 0.05) is 25.2 Å². The number of rotatable bonds is 4. The molecule has 0 aromatic heterocycles. The Labute approximate surface area is 129 Å². The molecule has 20 heavy (non-hydrogen) atoms. The normalized spacial score (nSPS) is 27.8. The Kier molecular flexibility index (Phi) is 4.53. The Morgan fingerprint density at radius 2 is 1.95 bits per heavy atom. The van der Waals surface area contributed by atoms with Gasteiger partial charge in [-0.25, -0.2) is 0 Å². The number of halogens is 2. The van der Waals surface area contributed by atoms with Crippen LogP contribution in [0.2, 0.25) is 10.0 Å². The van der Waals surface area contributed by atoms with Crippen molar-refractivity contribution in [3.8, 4) is 0 Å². The first kappa shape index (κ1) is 14.6. The fourth-order valence-electron chi connectivity index (χ4n) is 3.12. The Balaban J connectivity index is 1.57. The molecule has 0 aliphatic carbocycles. The van der Waals surface area contributed by atoms with Crippen LogP contribution in [0.4, 0.5) is 0 Å². The summed E-state index contributed by atoms with van der Waals surface area (Å²) in [4.78, 5) is 2.38. The maximum atomic E-state index is 10.3. The highest BCUT2D eigenvalue weighted by molar-refractivity contribution is 6.42. The summed E-state index contributed by atoms with van der Waals surface area (Å²) >= 11 is 12.1. The van der Waals surface area contributed by atoms with Crippen molar-refractivity contribution in [2.75, 3.05) is 19.6 Å². The highest BCUT2D eigenvalue weighted by atomic mass is 35.5. The van der Waals surface area contributed by atoms with E-state index in [0.717, 1.165) is 25.2 Å². The molecule has 3 atom stereocenters. The van der Waals surface area contributed by atoms with E-state index in [1.54, 1.807) is 6.07 Å². The van der Waals surface area contributed by atoms with Crippen LogP contribution in [0.25, 0.3) is 0 Å². The standard InChI is InChI=1S/C15H19Cl2NO2/c16-13-3-1-2-12(15(13)17)14(19)6-7-18-8-10-4-5-11(9-18)20-10/h1-3,10-11,14,19H,4-9H2. The minimum absolute atomic E-state index is 0.389. The van der Waals surface area contributed by atoms with Crippen molar-refractivity contribution in [3.05, 3.63) is 33.8 Å². The highest BCUT2D eigenvalue weighted by Gasteiger charge is 2.33. The second-order valence-corrected chi connectivity index (χ2v) is 6.45. The van der Waals surface area contributed by atoms with Crippen molar-refractivity contribution < 1.29 is 9.84 Å². The van der Waals surface area contributed by atoms with E-state index in [1.807, 2.05) is 12.1 Å². The van der Waals surface area contributed by atoms with E-state index in [9.17, 15) is 5.11 Å². The van der Waals surface area contributed by atoms with Gasteiger partial charge in [0.25, 0.3) is 0 Å². The van der Waals surface area contributed by atoms with Crippen LogP contribution in [0.15, 0.2) is 18.2 Å². The van der Waals surface area contributed by atoms with Crippen molar-refractivity contribution in [2.24, 2.45) is 0 Å². The first-order chi connectivity index (χ1) is 9.63. The summed E-state index contributed by atoms with van der Waals surface area (Å²) < 4.78 is 5.81. The predicted octanol–water partition coefficient (Wildman–Crippen LogP) is 3.28. The summed E-state index contributed by atoms with van der Waals surface area (Å²) in [5.74, 6) is 0. The van der Waals surface area contributed by atoms with Gasteiger partial charge in [0.1, 0.15) is 0 Å². The number of aliphatic hydroxyl groups is 1. The number of hydrogen-bond donors (Lipinski definition) is 1. The van der Waals surface area contributed by atoms with Crippen molar-refractivity contribution in [3.63, 3.8) is 0 Å². The number of benzene rings is 1. The lowest BCUT2D eigenvalue weighted by atomic mass is 10.1. The monoisotopic (exact) mass is 315 g/mol. The molecule has 1 aromatic carbocycles. The van der Waals surface area contributed by atoms with Crippen molar-refractivity contribution in [1.82, 2.24) is 4.90 Å². The molecule has 1 aromatic rings. The van der Waals surface area contributed by atoms with Gasteiger partial charge < -0.3 is 9.84 Å². The summed E-state index contributed by atoms with van der Waals surface area (Å²) in [6, 6.07) is 5.39. The number of hydrogen-bond acceptors (Lipinski definition) is 3. The lowest BCUT2D eigenvalue weighted by Gasteiger charge is -2.32. The van der Waals surface area contributed by atoms with Crippen LogP contribution in [0.1, 0.15) is 30.9 Å². The Bertz CT molecular complexity index is 471. The van der Waals surface area contributed by atoms with Gasteiger partial charge in [0.2, 0.25) is 0 Å². The van der Waals surface area contributed by atoms with E-state index in [1.165, 1.54) is 12.8 Å². The molecule has 1 N–H and O–H groups in total. The summed E-state index contributed by atoms with van der Waals surface area (Å²) in [6.45, 7) is 2.82. The molecular formula is C15H19Cl2NO2. The van der Waals surface area contributed by atoms with E-state index in [-0.39, 0.29) is 0 Å². The van der Waals surface area contributed by atoms with E-state index < -0.39 is 6.10 Å². The van der Waals surface area contributed by atoms with Crippen LogP contribution in [-0.2, 0) is 4.74 Å². The topological polar surface area (TPSA) is 32.7 Å². The summed E-state index contributed by atoms with van der Waals surface area (Å²) in [5.41, 5.74) is 0.718. The van der Waals surface area contributed by atoms with Crippen molar-refractivity contribution in [2.45, 2.75) is 37.6 Å². The SMILES string of the molecule is OC(CCN1CC2CCC(C1)O2)c1cccc(Cl)c1Cl. The summed E-state index contributed by atoms with van der Waals surface area (Å²) in [7, 11) is 0. The zero-order valence-electron chi connectivity index (χ0n) is 11.3. The molecule has 0 radical (unpaired) electrons. The minimum Gasteiger partial charge on any atom is -0.388 e. The second-order valence-electron chi connectivity index (χ2n) is 5.66. The third-order valence-electron chi connectivity index (χ3n) is 4.18. The molecule has 2 bridgehead atoms. The van der Waals surface area contributed by atoms with E-state index in [2.05, 4.69) is 4.90 Å². The quantitative estimate of drug-likeness (QED) is 0.925. The van der Waals surface area contributed by atoms with Crippen LogP contribution in [0.5, 0.6) is 0 Å². The summed E-state index contributed by atoms with van der Waals surface area (Å²) in [5, 5.41) is 11.3. The van der Waals surface area contributed by atoms with Crippen LogP contribution in [0.3, 0.4) is 0 Å². The van der Waals surface area contributed by atoms with E-state index in [4.69, 9.17) is 27.9 Å². The third kappa shape index (κ3) is 3.12. The average molecular weight is 316 g/mol. The molecule has 2 heterocycles. The average Bonchev–Trinajstić information content (AvgIpc) is 2.78. The molecule has 0 spiro atoms. The number of morpholine rings is 1. The third-order valence-corrected chi connectivity index (χ3v) is 5.01. The van der Waals surface area contributed by atoms with Crippen molar-refractivity contribution >= 4 is 23.2 Å². The molecular weight excluding hydrogens is 297 g/mol. The van der Waals surface area contributed by atoms with Gasteiger partial charge in [-0.3, -0.25) is 4.90 Å². The maximum Gasteiger partial charge on any atom is 0.0817 e. The van der Waals surface area contributed by atoms with Crippen LogP contribution in [-0.4, -0.2) is 41.8 Å². The Morgan fingerprint density at radius 1 is 1.25 bits per heavy atom.